The maximum absolute atomic E-state index is 13.8. The quantitative estimate of drug-likeness (QED) is 0.733. The molecular weight excluding hydrogens is 239 g/mol. The van der Waals surface area contributed by atoms with Gasteiger partial charge >= 0.3 is 0 Å². The van der Waals surface area contributed by atoms with E-state index < -0.39 is 0 Å². The first-order valence-electron chi connectivity index (χ1n) is 6.61. The van der Waals surface area contributed by atoms with E-state index in [1.54, 1.807) is 12.1 Å². The van der Waals surface area contributed by atoms with Gasteiger partial charge in [-0.05, 0) is 44.0 Å². The lowest BCUT2D eigenvalue weighted by Gasteiger charge is -2.13. The number of rotatable bonds is 1. The van der Waals surface area contributed by atoms with Crippen LogP contribution in [0.4, 0.5) is 4.39 Å². The Morgan fingerprint density at radius 1 is 1.11 bits per heavy atom. The van der Waals surface area contributed by atoms with Crippen LogP contribution < -0.4 is 4.74 Å². The molecule has 0 saturated carbocycles. The van der Waals surface area contributed by atoms with Crippen LogP contribution in [0, 0.1) is 19.7 Å². The van der Waals surface area contributed by atoms with Gasteiger partial charge in [0.05, 0.1) is 0 Å². The Bertz CT molecular complexity index is 646. The zero-order valence-corrected chi connectivity index (χ0v) is 11.5. The SMILES string of the molecule is Cc1ccc(C)c(-c2cc(F)cc3c2OC(C)C3)c1. The Balaban J connectivity index is 2.23. The highest BCUT2D eigenvalue weighted by molar-refractivity contribution is 5.76. The van der Waals surface area contributed by atoms with Crippen LogP contribution in [0.3, 0.4) is 0 Å². The molecule has 0 amide bonds. The normalized spacial score (nSPS) is 17.2. The highest BCUT2D eigenvalue weighted by Gasteiger charge is 2.24. The van der Waals surface area contributed by atoms with Crippen molar-refractivity contribution < 1.29 is 9.13 Å². The van der Waals surface area contributed by atoms with Crippen LogP contribution in [-0.2, 0) is 6.42 Å². The summed E-state index contributed by atoms with van der Waals surface area (Å²) in [6.07, 6.45) is 0.908. The van der Waals surface area contributed by atoms with Gasteiger partial charge in [-0.1, -0.05) is 23.8 Å². The number of halogens is 1. The van der Waals surface area contributed by atoms with Gasteiger partial charge in [-0.15, -0.1) is 0 Å². The third-order valence-electron chi connectivity index (χ3n) is 3.64. The Morgan fingerprint density at radius 2 is 1.89 bits per heavy atom. The average Bonchev–Trinajstić information content (AvgIpc) is 2.71. The van der Waals surface area contributed by atoms with Gasteiger partial charge < -0.3 is 4.74 Å². The second-order valence-electron chi connectivity index (χ2n) is 5.39. The van der Waals surface area contributed by atoms with Crippen molar-refractivity contribution in [3.05, 3.63) is 52.8 Å². The van der Waals surface area contributed by atoms with Gasteiger partial charge in [0.15, 0.2) is 0 Å². The van der Waals surface area contributed by atoms with Crippen LogP contribution in [0.25, 0.3) is 11.1 Å². The molecular formula is C17H17FO. The van der Waals surface area contributed by atoms with Crippen molar-refractivity contribution in [1.29, 1.82) is 0 Å². The smallest absolute Gasteiger partial charge is 0.131 e. The standard InChI is InChI=1S/C17H17FO/c1-10-4-5-11(2)15(6-10)16-9-14(18)8-13-7-12(3)19-17(13)16/h4-6,8-9,12H,7H2,1-3H3. The second-order valence-corrected chi connectivity index (χ2v) is 5.39. The second kappa shape index (κ2) is 4.37. The topological polar surface area (TPSA) is 9.23 Å². The molecule has 1 nitrogen and oxygen atoms in total. The molecule has 1 aliphatic rings. The minimum absolute atomic E-state index is 0.126. The first-order chi connectivity index (χ1) is 9.04. The molecule has 2 heteroatoms. The van der Waals surface area contributed by atoms with E-state index in [0.29, 0.717) is 0 Å². The molecule has 1 unspecified atom stereocenters. The van der Waals surface area contributed by atoms with E-state index >= 15 is 0 Å². The summed E-state index contributed by atoms with van der Waals surface area (Å²) in [5, 5.41) is 0. The number of fused-ring (bicyclic) bond motifs is 1. The third kappa shape index (κ3) is 2.12. The van der Waals surface area contributed by atoms with E-state index in [9.17, 15) is 4.39 Å². The van der Waals surface area contributed by atoms with E-state index in [1.165, 1.54) is 5.56 Å². The lowest BCUT2D eigenvalue weighted by atomic mass is 9.95. The molecule has 1 aliphatic heterocycles. The molecule has 3 rings (SSSR count). The highest BCUT2D eigenvalue weighted by atomic mass is 19.1. The van der Waals surface area contributed by atoms with Crippen molar-refractivity contribution >= 4 is 0 Å². The molecule has 98 valence electrons. The number of benzene rings is 2. The molecule has 0 saturated heterocycles. The van der Waals surface area contributed by atoms with Crippen molar-refractivity contribution in [2.24, 2.45) is 0 Å². The Hall–Kier alpha value is -1.83. The van der Waals surface area contributed by atoms with Gasteiger partial charge in [-0.2, -0.15) is 0 Å². The van der Waals surface area contributed by atoms with E-state index in [2.05, 4.69) is 18.2 Å². The highest BCUT2D eigenvalue weighted by Crippen LogP contribution is 2.40. The summed E-state index contributed by atoms with van der Waals surface area (Å²) in [6, 6.07) is 9.41. The minimum Gasteiger partial charge on any atom is -0.489 e. The summed E-state index contributed by atoms with van der Waals surface area (Å²) in [4.78, 5) is 0. The van der Waals surface area contributed by atoms with Crippen LogP contribution in [0.1, 0.15) is 23.6 Å². The first kappa shape index (κ1) is 12.2. The van der Waals surface area contributed by atoms with Crippen LogP contribution >= 0.6 is 0 Å². The maximum atomic E-state index is 13.8. The molecule has 0 aromatic heterocycles. The van der Waals surface area contributed by atoms with Crippen LogP contribution in [-0.4, -0.2) is 6.10 Å². The fourth-order valence-electron chi connectivity index (χ4n) is 2.72. The monoisotopic (exact) mass is 256 g/mol. The maximum Gasteiger partial charge on any atom is 0.131 e. The fraction of sp³-hybridized carbons (Fsp3) is 0.294. The lowest BCUT2D eigenvalue weighted by Crippen LogP contribution is -2.05. The van der Waals surface area contributed by atoms with Gasteiger partial charge in [0.25, 0.3) is 0 Å². The first-order valence-corrected chi connectivity index (χ1v) is 6.61. The largest absolute Gasteiger partial charge is 0.489 e. The number of hydrogen-bond acceptors (Lipinski definition) is 1. The molecule has 2 aromatic carbocycles. The summed E-state index contributed by atoms with van der Waals surface area (Å²) in [5.41, 5.74) is 5.22. The van der Waals surface area contributed by atoms with Crippen molar-refractivity contribution in [2.75, 3.05) is 0 Å². The van der Waals surface area contributed by atoms with Crippen molar-refractivity contribution in [3.8, 4) is 16.9 Å². The number of hydrogen-bond donors (Lipinski definition) is 0. The van der Waals surface area contributed by atoms with Gasteiger partial charge in [0, 0.05) is 17.5 Å². The van der Waals surface area contributed by atoms with E-state index in [0.717, 1.165) is 34.4 Å². The lowest BCUT2D eigenvalue weighted by molar-refractivity contribution is 0.255. The van der Waals surface area contributed by atoms with Gasteiger partial charge in [0.1, 0.15) is 17.7 Å². The van der Waals surface area contributed by atoms with E-state index in [4.69, 9.17) is 4.74 Å². The number of ether oxygens (including phenoxy) is 1. The molecule has 0 spiro atoms. The summed E-state index contributed by atoms with van der Waals surface area (Å²) >= 11 is 0. The Labute approximate surface area is 113 Å². The van der Waals surface area contributed by atoms with Crippen LogP contribution in [0.5, 0.6) is 5.75 Å². The van der Waals surface area contributed by atoms with Crippen molar-refractivity contribution in [3.63, 3.8) is 0 Å². The summed E-state index contributed by atoms with van der Waals surface area (Å²) in [5.74, 6) is 0.662. The summed E-state index contributed by atoms with van der Waals surface area (Å²) < 4.78 is 19.7. The number of aryl methyl sites for hydroxylation is 2. The molecule has 0 N–H and O–H groups in total. The van der Waals surface area contributed by atoms with Gasteiger partial charge in [-0.25, -0.2) is 4.39 Å². The van der Waals surface area contributed by atoms with Gasteiger partial charge in [-0.3, -0.25) is 0 Å². The molecule has 2 aromatic rings. The summed E-state index contributed by atoms with van der Waals surface area (Å²) in [6.45, 7) is 6.11. The molecule has 0 aliphatic carbocycles. The third-order valence-corrected chi connectivity index (χ3v) is 3.64. The molecule has 0 bridgehead atoms. The molecule has 0 radical (unpaired) electrons. The van der Waals surface area contributed by atoms with Crippen molar-refractivity contribution in [2.45, 2.75) is 33.3 Å². The van der Waals surface area contributed by atoms with Gasteiger partial charge in [0.2, 0.25) is 0 Å². The molecule has 1 atom stereocenters. The van der Waals surface area contributed by atoms with Crippen LogP contribution in [0.15, 0.2) is 30.3 Å². The minimum atomic E-state index is -0.188. The zero-order chi connectivity index (χ0) is 13.6. The molecule has 0 fully saturated rings. The Kier molecular flexibility index (Phi) is 2.81. The zero-order valence-electron chi connectivity index (χ0n) is 11.5. The average molecular weight is 256 g/mol. The van der Waals surface area contributed by atoms with E-state index in [1.807, 2.05) is 20.8 Å². The summed E-state index contributed by atoms with van der Waals surface area (Å²) in [7, 11) is 0. The predicted molar refractivity (Wildman–Crippen MR) is 75.1 cm³/mol. The Morgan fingerprint density at radius 3 is 2.68 bits per heavy atom. The predicted octanol–water partition coefficient (Wildman–Crippen LogP) is 4.43. The van der Waals surface area contributed by atoms with E-state index in [-0.39, 0.29) is 11.9 Å². The van der Waals surface area contributed by atoms with Crippen LogP contribution in [0.2, 0.25) is 0 Å². The fourth-order valence-corrected chi connectivity index (χ4v) is 2.72. The molecule has 1 heterocycles. The molecule has 19 heavy (non-hydrogen) atoms. The van der Waals surface area contributed by atoms with Crippen molar-refractivity contribution in [1.82, 2.24) is 0 Å².